The van der Waals surface area contributed by atoms with Crippen molar-refractivity contribution in [1.29, 1.82) is 0 Å². The second kappa shape index (κ2) is 8.25. The highest BCUT2D eigenvalue weighted by molar-refractivity contribution is 5.34. The molecule has 4 heterocycles. The summed E-state index contributed by atoms with van der Waals surface area (Å²) >= 11 is 0. The fraction of sp³-hybridized carbons (Fsp3) is 0.818. The molecule has 0 saturated carbocycles. The highest BCUT2D eigenvalue weighted by atomic mass is 15.3. The van der Waals surface area contributed by atoms with Crippen molar-refractivity contribution in [1.82, 2.24) is 24.7 Å². The van der Waals surface area contributed by atoms with E-state index in [0.717, 1.165) is 36.6 Å². The largest absolute Gasteiger partial charge is 0.340 e. The van der Waals surface area contributed by atoms with Crippen LogP contribution in [0.1, 0.15) is 39.2 Å². The van der Waals surface area contributed by atoms with Gasteiger partial charge in [0.25, 0.3) is 0 Å². The van der Waals surface area contributed by atoms with Gasteiger partial charge in [0, 0.05) is 88.8 Å². The topological polar surface area (TPSA) is 38.7 Å². The van der Waals surface area contributed by atoms with E-state index in [2.05, 4.69) is 50.3 Å². The van der Waals surface area contributed by atoms with E-state index in [9.17, 15) is 0 Å². The summed E-state index contributed by atoms with van der Waals surface area (Å²) in [7, 11) is 0. The van der Waals surface area contributed by atoms with Crippen LogP contribution < -0.4 is 4.90 Å². The van der Waals surface area contributed by atoms with Crippen molar-refractivity contribution in [2.45, 2.75) is 52.1 Å². The molecule has 1 aromatic heterocycles. The van der Waals surface area contributed by atoms with Crippen LogP contribution >= 0.6 is 0 Å². The molecule has 0 radical (unpaired) electrons. The van der Waals surface area contributed by atoms with E-state index < -0.39 is 0 Å². The van der Waals surface area contributed by atoms with Crippen molar-refractivity contribution < 1.29 is 0 Å². The van der Waals surface area contributed by atoms with E-state index in [4.69, 9.17) is 0 Å². The van der Waals surface area contributed by atoms with Crippen LogP contribution in [0, 0.1) is 12.8 Å². The van der Waals surface area contributed by atoms with Crippen LogP contribution in [0.2, 0.25) is 0 Å². The van der Waals surface area contributed by atoms with Crippen LogP contribution in [0.4, 0.5) is 5.95 Å². The van der Waals surface area contributed by atoms with Gasteiger partial charge in [0.1, 0.15) is 0 Å². The van der Waals surface area contributed by atoms with Gasteiger partial charge in [0.2, 0.25) is 5.95 Å². The van der Waals surface area contributed by atoms with E-state index in [1.807, 2.05) is 19.3 Å². The van der Waals surface area contributed by atoms with Crippen molar-refractivity contribution >= 4 is 5.95 Å². The summed E-state index contributed by atoms with van der Waals surface area (Å²) in [5.74, 6) is 1.67. The zero-order valence-electron chi connectivity index (χ0n) is 18.3. The summed E-state index contributed by atoms with van der Waals surface area (Å²) < 4.78 is 0. The maximum atomic E-state index is 4.45. The Balaban J connectivity index is 1.15. The average molecular weight is 387 g/mol. The molecule has 0 unspecified atom stereocenters. The van der Waals surface area contributed by atoms with E-state index in [0.29, 0.717) is 5.54 Å². The van der Waals surface area contributed by atoms with E-state index in [1.54, 1.807) is 0 Å². The first-order valence-corrected chi connectivity index (χ1v) is 11.1. The molecule has 156 valence electrons. The molecule has 0 N–H and O–H groups in total. The first kappa shape index (κ1) is 20.0. The van der Waals surface area contributed by atoms with Gasteiger partial charge in [-0.25, -0.2) is 9.97 Å². The Morgan fingerprint density at radius 3 is 2.11 bits per heavy atom. The monoisotopic (exact) mass is 386 g/mol. The first-order chi connectivity index (χ1) is 13.4. The fourth-order valence-electron chi connectivity index (χ4n) is 4.98. The highest BCUT2D eigenvalue weighted by Crippen LogP contribution is 2.25. The minimum atomic E-state index is 0.323. The van der Waals surface area contributed by atoms with Gasteiger partial charge in [-0.1, -0.05) is 0 Å². The predicted molar refractivity (Wildman–Crippen MR) is 115 cm³/mol. The van der Waals surface area contributed by atoms with Crippen LogP contribution in [-0.2, 0) is 0 Å². The SMILES string of the molecule is Cc1cnc(N2CC(CN3CCN(C4CCN(C(C)(C)C)CC4)CC3)C2)nc1. The molecule has 0 bridgehead atoms. The molecule has 0 amide bonds. The van der Waals surface area contributed by atoms with Gasteiger partial charge < -0.3 is 9.80 Å². The fourth-order valence-corrected chi connectivity index (χ4v) is 4.98. The minimum Gasteiger partial charge on any atom is -0.340 e. The zero-order chi connectivity index (χ0) is 19.7. The average Bonchev–Trinajstić information content (AvgIpc) is 2.65. The Morgan fingerprint density at radius 1 is 0.929 bits per heavy atom. The molecule has 3 aliphatic rings. The molecule has 0 aliphatic carbocycles. The van der Waals surface area contributed by atoms with Gasteiger partial charge in [-0.15, -0.1) is 0 Å². The number of likely N-dealkylation sites (tertiary alicyclic amines) is 1. The van der Waals surface area contributed by atoms with Crippen molar-refractivity contribution in [3.63, 3.8) is 0 Å². The lowest BCUT2D eigenvalue weighted by Crippen LogP contribution is -2.58. The summed E-state index contributed by atoms with van der Waals surface area (Å²) in [4.78, 5) is 19.3. The molecule has 0 atom stereocenters. The quantitative estimate of drug-likeness (QED) is 0.789. The Bertz CT molecular complexity index is 617. The highest BCUT2D eigenvalue weighted by Gasteiger charge is 2.33. The summed E-state index contributed by atoms with van der Waals surface area (Å²) in [5, 5.41) is 0. The molecule has 3 aliphatic heterocycles. The molecule has 3 saturated heterocycles. The van der Waals surface area contributed by atoms with Crippen LogP contribution in [0.5, 0.6) is 0 Å². The standard InChI is InChI=1S/C22H38N6/c1-18-13-23-21(24-14-18)27-16-19(17-27)15-25-9-11-26(12-10-25)20-5-7-28(8-6-20)22(2,3)4/h13-14,19-20H,5-12,15-17H2,1-4H3. The second-order valence-electron chi connectivity index (χ2n) is 10.1. The number of aromatic nitrogens is 2. The molecule has 1 aromatic rings. The predicted octanol–water partition coefficient (Wildman–Crippen LogP) is 2.10. The van der Waals surface area contributed by atoms with Gasteiger partial charge in [0.05, 0.1) is 0 Å². The number of rotatable bonds is 4. The number of hydrogen-bond donors (Lipinski definition) is 0. The van der Waals surface area contributed by atoms with Crippen molar-refractivity contribution in [2.24, 2.45) is 5.92 Å². The van der Waals surface area contributed by atoms with Gasteiger partial charge in [-0.05, 0) is 46.1 Å². The first-order valence-electron chi connectivity index (χ1n) is 11.1. The number of anilines is 1. The second-order valence-corrected chi connectivity index (χ2v) is 10.1. The van der Waals surface area contributed by atoms with Crippen LogP contribution in [0.15, 0.2) is 12.4 Å². The van der Waals surface area contributed by atoms with Crippen molar-refractivity contribution in [2.75, 3.05) is 63.8 Å². The lowest BCUT2D eigenvalue weighted by molar-refractivity contribution is 0.0285. The summed E-state index contributed by atoms with van der Waals surface area (Å²) in [6.07, 6.45) is 6.51. The van der Waals surface area contributed by atoms with E-state index >= 15 is 0 Å². The molecule has 28 heavy (non-hydrogen) atoms. The molecule has 0 aromatic carbocycles. The minimum absolute atomic E-state index is 0.323. The molecule has 6 nitrogen and oxygen atoms in total. The third-order valence-electron chi connectivity index (χ3n) is 6.86. The number of piperidine rings is 1. The molecule has 3 fully saturated rings. The number of aryl methyl sites for hydroxylation is 1. The maximum absolute atomic E-state index is 4.45. The lowest BCUT2D eigenvalue weighted by atomic mass is 9.96. The Hall–Kier alpha value is -1.24. The van der Waals surface area contributed by atoms with E-state index in [-0.39, 0.29) is 0 Å². The third-order valence-corrected chi connectivity index (χ3v) is 6.86. The number of piperazine rings is 1. The summed E-state index contributed by atoms with van der Waals surface area (Å²) in [6.45, 7) is 20.0. The summed E-state index contributed by atoms with van der Waals surface area (Å²) in [6, 6.07) is 0.804. The summed E-state index contributed by atoms with van der Waals surface area (Å²) in [5.41, 5.74) is 1.45. The number of nitrogens with zero attached hydrogens (tertiary/aromatic N) is 6. The van der Waals surface area contributed by atoms with Crippen molar-refractivity contribution in [3.8, 4) is 0 Å². The van der Waals surface area contributed by atoms with Crippen LogP contribution in [0.25, 0.3) is 0 Å². The lowest BCUT2D eigenvalue weighted by Gasteiger charge is -2.47. The smallest absolute Gasteiger partial charge is 0.225 e. The molecular formula is C22H38N6. The van der Waals surface area contributed by atoms with Gasteiger partial charge in [0.15, 0.2) is 0 Å². The third kappa shape index (κ3) is 4.66. The zero-order valence-corrected chi connectivity index (χ0v) is 18.3. The molecular weight excluding hydrogens is 348 g/mol. The van der Waals surface area contributed by atoms with Gasteiger partial charge in [-0.3, -0.25) is 9.80 Å². The van der Waals surface area contributed by atoms with Crippen LogP contribution in [-0.4, -0.2) is 95.2 Å². The Morgan fingerprint density at radius 2 is 1.54 bits per heavy atom. The molecule has 4 rings (SSSR count). The van der Waals surface area contributed by atoms with Crippen LogP contribution in [0.3, 0.4) is 0 Å². The Labute approximate surface area is 170 Å². The van der Waals surface area contributed by atoms with Crippen molar-refractivity contribution in [3.05, 3.63) is 18.0 Å². The molecule has 0 spiro atoms. The van der Waals surface area contributed by atoms with Gasteiger partial charge in [-0.2, -0.15) is 0 Å². The maximum Gasteiger partial charge on any atom is 0.225 e. The normalized spacial score (nSPS) is 24.5. The Kier molecular flexibility index (Phi) is 5.91. The number of hydrogen-bond acceptors (Lipinski definition) is 6. The van der Waals surface area contributed by atoms with E-state index in [1.165, 1.54) is 58.7 Å². The molecule has 6 heteroatoms. The van der Waals surface area contributed by atoms with Gasteiger partial charge >= 0.3 is 0 Å².